The van der Waals surface area contributed by atoms with E-state index in [1.807, 2.05) is 22.7 Å². The number of hydrogen-bond acceptors (Lipinski definition) is 4. The third kappa shape index (κ3) is 4.04. The first kappa shape index (κ1) is 20.4. The second kappa shape index (κ2) is 8.56. The van der Waals surface area contributed by atoms with Crippen molar-refractivity contribution in [3.05, 3.63) is 71.1 Å². The van der Waals surface area contributed by atoms with Gasteiger partial charge in [0.25, 0.3) is 0 Å². The van der Waals surface area contributed by atoms with Gasteiger partial charge in [-0.15, -0.1) is 0 Å². The Hall–Kier alpha value is -2.50. The number of pyridine rings is 1. The molecule has 0 spiro atoms. The van der Waals surface area contributed by atoms with E-state index >= 15 is 0 Å². The summed E-state index contributed by atoms with van der Waals surface area (Å²) in [6.07, 6.45) is 5.45. The lowest BCUT2D eigenvalue weighted by molar-refractivity contribution is 0.231. The maximum absolute atomic E-state index is 6.22. The topological polar surface area (TPSA) is 35.8 Å². The number of hydrogen-bond donors (Lipinski definition) is 1. The quantitative estimate of drug-likeness (QED) is 0.614. The molecule has 5 rings (SSSR count). The van der Waals surface area contributed by atoms with Gasteiger partial charge in [0.2, 0.25) is 0 Å². The summed E-state index contributed by atoms with van der Waals surface area (Å²) in [6.45, 7) is 11.9. The summed E-state index contributed by atoms with van der Waals surface area (Å²) in [4.78, 5) is 9.92. The summed E-state index contributed by atoms with van der Waals surface area (Å²) in [7, 11) is 0. The maximum atomic E-state index is 6.22. The molecular weight excluding hydrogens is 406 g/mol. The SMILES string of the molecule is C=C(NCc1ccc(N2CCN3CCCC3C2)cc1)c1c(CC)nc2ccc(Cl)cn12. The van der Waals surface area contributed by atoms with E-state index in [4.69, 9.17) is 16.6 Å². The van der Waals surface area contributed by atoms with Gasteiger partial charge in [-0.05, 0) is 55.6 Å². The lowest BCUT2D eigenvalue weighted by atomic mass is 10.1. The zero-order valence-corrected chi connectivity index (χ0v) is 18.9. The number of nitrogens with zero attached hydrogens (tertiary/aromatic N) is 4. The molecule has 2 aromatic heterocycles. The molecule has 0 saturated carbocycles. The molecule has 0 aliphatic carbocycles. The van der Waals surface area contributed by atoms with Crippen molar-refractivity contribution in [1.82, 2.24) is 19.6 Å². The van der Waals surface area contributed by atoms with Crippen LogP contribution < -0.4 is 10.2 Å². The maximum Gasteiger partial charge on any atom is 0.137 e. The Morgan fingerprint density at radius 3 is 2.81 bits per heavy atom. The zero-order valence-electron chi connectivity index (χ0n) is 18.1. The van der Waals surface area contributed by atoms with Crippen molar-refractivity contribution in [3.63, 3.8) is 0 Å². The molecule has 2 aliphatic heterocycles. The summed E-state index contributed by atoms with van der Waals surface area (Å²) in [5.74, 6) is 0. The van der Waals surface area contributed by atoms with Gasteiger partial charge in [0.1, 0.15) is 5.65 Å². The number of imidazole rings is 1. The third-order valence-corrected chi connectivity index (χ3v) is 6.89. The number of nitrogens with one attached hydrogen (secondary N) is 1. The Morgan fingerprint density at radius 1 is 1.16 bits per heavy atom. The Morgan fingerprint density at radius 2 is 2.00 bits per heavy atom. The van der Waals surface area contributed by atoms with Crippen LogP contribution in [0.5, 0.6) is 0 Å². The van der Waals surface area contributed by atoms with Gasteiger partial charge in [0.05, 0.1) is 22.1 Å². The Labute approximate surface area is 189 Å². The van der Waals surface area contributed by atoms with Crippen LogP contribution in [0.1, 0.15) is 36.7 Å². The van der Waals surface area contributed by atoms with Crippen molar-refractivity contribution in [1.29, 1.82) is 0 Å². The molecular formula is C25H30ClN5. The van der Waals surface area contributed by atoms with Crippen molar-refractivity contribution in [2.75, 3.05) is 31.1 Å². The highest BCUT2D eigenvalue weighted by atomic mass is 35.5. The van der Waals surface area contributed by atoms with E-state index in [0.717, 1.165) is 54.8 Å². The van der Waals surface area contributed by atoms with Crippen LogP contribution in [-0.2, 0) is 13.0 Å². The van der Waals surface area contributed by atoms with E-state index in [9.17, 15) is 0 Å². The Kier molecular flexibility index (Phi) is 5.63. The van der Waals surface area contributed by atoms with E-state index in [0.29, 0.717) is 5.02 Å². The molecule has 4 heterocycles. The highest BCUT2D eigenvalue weighted by molar-refractivity contribution is 6.30. The number of halogens is 1. The van der Waals surface area contributed by atoms with Crippen LogP contribution in [0, 0.1) is 0 Å². The van der Waals surface area contributed by atoms with Crippen LogP contribution in [0.4, 0.5) is 5.69 Å². The molecule has 2 saturated heterocycles. The molecule has 0 radical (unpaired) electrons. The molecule has 1 aromatic carbocycles. The third-order valence-electron chi connectivity index (χ3n) is 6.67. The van der Waals surface area contributed by atoms with Gasteiger partial charge in [0.15, 0.2) is 0 Å². The standard InChI is InChI=1S/C25H30ClN5/c1-3-23-25(31-16-20(26)8-11-24(31)28-23)18(2)27-15-19-6-9-21(10-7-19)30-14-13-29-12-4-5-22(29)17-30/h6-11,16,22,27H,2-5,12-15,17H2,1H3. The molecule has 1 unspecified atom stereocenters. The van der Waals surface area contributed by atoms with Crippen LogP contribution >= 0.6 is 11.6 Å². The number of anilines is 1. The van der Waals surface area contributed by atoms with Crippen LogP contribution in [0.25, 0.3) is 11.3 Å². The van der Waals surface area contributed by atoms with Gasteiger partial charge in [-0.1, -0.05) is 37.2 Å². The predicted molar refractivity (Wildman–Crippen MR) is 129 cm³/mol. The summed E-state index contributed by atoms with van der Waals surface area (Å²) in [6, 6.07) is 13.5. The minimum atomic E-state index is 0.690. The molecule has 3 aromatic rings. The number of benzene rings is 1. The summed E-state index contributed by atoms with van der Waals surface area (Å²) >= 11 is 6.22. The molecule has 1 atom stereocenters. The molecule has 6 heteroatoms. The highest BCUT2D eigenvalue weighted by Crippen LogP contribution is 2.26. The van der Waals surface area contributed by atoms with Crippen molar-refractivity contribution in [2.45, 2.75) is 38.8 Å². The lowest BCUT2D eigenvalue weighted by Gasteiger charge is -2.38. The molecule has 0 bridgehead atoms. The van der Waals surface area contributed by atoms with E-state index in [1.54, 1.807) is 0 Å². The molecule has 162 valence electrons. The molecule has 1 N–H and O–H groups in total. The number of piperazine rings is 1. The Balaban J connectivity index is 1.26. The first-order valence-corrected chi connectivity index (χ1v) is 11.7. The second-order valence-corrected chi connectivity index (χ2v) is 9.05. The van der Waals surface area contributed by atoms with Crippen LogP contribution in [0.15, 0.2) is 49.2 Å². The average molecular weight is 436 g/mol. The summed E-state index contributed by atoms with van der Waals surface area (Å²) in [5, 5.41) is 4.19. The minimum absolute atomic E-state index is 0.690. The van der Waals surface area contributed by atoms with Gasteiger partial charge in [-0.3, -0.25) is 9.30 Å². The van der Waals surface area contributed by atoms with Crippen molar-refractivity contribution in [2.24, 2.45) is 0 Å². The van der Waals surface area contributed by atoms with Gasteiger partial charge in [-0.25, -0.2) is 4.98 Å². The largest absolute Gasteiger partial charge is 0.380 e. The molecule has 5 nitrogen and oxygen atoms in total. The average Bonchev–Trinajstić information content (AvgIpc) is 3.41. The van der Waals surface area contributed by atoms with Crippen LogP contribution in [0.2, 0.25) is 5.02 Å². The van der Waals surface area contributed by atoms with E-state index < -0.39 is 0 Å². The molecule has 2 aliphatic rings. The van der Waals surface area contributed by atoms with E-state index in [-0.39, 0.29) is 0 Å². The van der Waals surface area contributed by atoms with E-state index in [2.05, 4.69) is 52.9 Å². The Bertz CT molecular complexity index is 1090. The number of fused-ring (bicyclic) bond motifs is 2. The van der Waals surface area contributed by atoms with Crippen LogP contribution in [-0.4, -0.2) is 46.5 Å². The molecule has 2 fully saturated rings. The molecule has 31 heavy (non-hydrogen) atoms. The first-order chi connectivity index (χ1) is 15.1. The molecule has 0 amide bonds. The smallest absolute Gasteiger partial charge is 0.137 e. The minimum Gasteiger partial charge on any atom is -0.380 e. The highest BCUT2D eigenvalue weighted by Gasteiger charge is 2.30. The lowest BCUT2D eigenvalue weighted by Crippen LogP contribution is -2.50. The second-order valence-electron chi connectivity index (χ2n) is 8.61. The number of aryl methyl sites for hydroxylation is 1. The number of rotatable bonds is 6. The fraction of sp³-hybridized carbons (Fsp3) is 0.400. The fourth-order valence-corrected chi connectivity index (χ4v) is 5.14. The van der Waals surface area contributed by atoms with Gasteiger partial charge in [-0.2, -0.15) is 0 Å². The van der Waals surface area contributed by atoms with Crippen LogP contribution in [0.3, 0.4) is 0 Å². The van der Waals surface area contributed by atoms with Gasteiger partial charge in [0, 0.05) is 44.1 Å². The fourth-order valence-electron chi connectivity index (χ4n) is 4.98. The van der Waals surface area contributed by atoms with Crippen molar-refractivity contribution >= 4 is 28.6 Å². The van der Waals surface area contributed by atoms with Gasteiger partial charge >= 0.3 is 0 Å². The zero-order chi connectivity index (χ0) is 21.4. The van der Waals surface area contributed by atoms with Gasteiger partial charge < -0.3 is 10.2 Å². The monoisotopic (exact) mass is 435 g/mol. The van der Waals surface area contributed by atoms with E-state index in [1.165, 1.54) is 37.2 Å². The summed E-state index contributed by atoms with van der Waals surface area (Å²) in [5.41, 5.74) is 6.37. The van der Waals surface area contributed by atoms with Crippen molar-refractivity contribution < 1.29 is 0 Å². The first-order valence-electron chi connectivity index (χ1n) is 11.3. The normalized spacial score (nSPS) is 19.0. The predicted octanol–water partition coefficient (Wildman–Crippen LogP) is 4.60. The summed E-state index contributed by atoms with van der Waals surface area (Å²) < 4.78 is 2.03. The van der Waals surface area contributed by atoms with Crippen molar-refractivity contribution in [3.8, 4) is 0 Å². The number of aromatic nitrogens is 2.